The van der Waals surface area contributed by atoms with Crippen molar-refractivity contribution in [1.29, 1.82) is 0 Å². The van der Waals surface area contributed by atoms with E-state index in [1.54, 1.807) is 29.2 Å². The molecule has 0 radical (unpaired) electrons. The van der Waals surface area contributed by atoms with Crippen molar-refractivity contribution in [1.82, 2.24) is 0 Å². The van der Waals surface area contributed by atoms with Gasteiger partial charge in [-0.05, 0) is 55.3 Å². The van der Waals surface area contributed by atoms with Gasteiger partial charge in [-0.1, -0.05) is 41.9 Å². The van der Waals surface area contributed by atoms with Crippen LogP contribution in [0.4, 0.5) is 11.4 Å². The van der Waals surface area contributed by atoms with E-state index in [4.69, 9.17) is 21.1 Å². The topological polar surface area (TPSA) is 93.2 Å². The molecule has 3 aromatic rings. The van der Waals surface area contributed by atoms with Gasteiger partial charge in [0.1, 0.15) is 5.75 Å². The minimum atomic E-state index is -4.07. The van der Waals surface area contributed by atoms with E-state index in [-0.39, 0.29) is 27.4 Å². The number of amides is 1. The molecule has 4 rings (SSSR count). The van der Waals surface area contributed by atoms with E-state index < -0.39 is 22.6 Å². The number of hydrogen-bond acceptors (Lipinski definition) is 6. The van der Waals surface area contributed by atoms with Gasteiger partial charge in [0, 0.05) is 18.8 Å². The zero-order chi connectivity index (χ0) is 26.0. The highest BCUT2D eigenvalue weighted by Crippen LogP contribution is 2.33. The number of esters is 1. The minimum Gasteiger partial charge on any atom is -0.495 e. The summed E-state index contributed by atoms with van der Waals surface area (Å²) in [7, 11) is -1.25. The van der Waals surface area contributed by atoms with Crippen molar-refractivity contribution in [3.63, 3.8) is 0 Å². The molecule has 0 unspecified atom stereocenters. The van der Waals surface area contributed by atoms with Gasteiger partial charge in [0.2, 0.25) is 0 Å². The monoisotopic (exact) mass is 528 g/mol. The SMILES string of the molecule is COc1ccccc1N(C)S(=O)(=O)c1ccc(Cl)c(C(=O)OCC(=O)N2c3ccccc3C[C@@H]2C)c1. The maximum atomic E-state index is 13.3. The van der Waals surface area contributed by atoms with Crippen LogP contribution in [0, 0.1) is 0 Å². The molecule has 188 valence electrons. The summed E-state index contributed by atoms with van der Waals surface area (Å²) in [6, 6.07) is 17.9. The molecule has 1 amide bonds. The fourth-order valence-electron chi connectivity index (χ4n) is 4.22. The first-order valence-corrected chi connectivity index (χ1v) is 13.0. The van der Waals surface area contributed by atoms with E-state index >= 15 is 0 Å². The Balaban J connectivity index is 1.53. The summed E-state index contributed by atoms with van der Waals surface area (Å²) in [6.45, 7) is 1.41. The molecule has 1 heterocycles. The third kappa shape index (κ3) is 4.76. The first-order valence-electron chi connectivity index (χ1n) is 11.1. The van der Waals surface area contributed by atoms with Gasteiger partial charge in [0.25, 0.3) is 15.9 Å². The molecule has 10 heteroatoms. The summed E-state index contributed by atoms with van der Waals surface area (Å²) in [4.78, 5) is 27.1. The predicted octanol–water partition coefficient (Wildman–Crippen LogP) is 4.31. The Morgan fingerprint density at radius 3 is 2.53 bits per heavy atom. The lowest BCUT2D eigenvalue weighted by atomic mass is 10.1. The molecule has 0 saturated heterocycles. The Morgan fingerprint density at radius 2 is 1.78 bits per heavy atom. The van der Waals surface area contributed by atoms with Gasteiger partial charge in [0.15, 0.2) is 6.61 Å². The largest absolute Gasteiger partial charge is 0.495 e. The Labute approximate surface area is 215 Å². The quantitative estimate of drug-likeness (QED) is 0.424. The normalized spacial score (nSPS) is 14.8. The number of hydrogen-bond donors (Lipinski definition) is 0. The number of rotatable bonds is 7. The average Bonchev–Trinajstić information content (AvgIpc) is 3.22. The van der Waals surface area contributed by atoms with Crippen molar-refractivity contribution in [2.45, 2.75) is 24.3 Å². The van der Waals surface area contributed by atoms with E-state index in [0.29, 0.717) is 17.9 Å². The molecule has 0 spiro atoms. The summed E-state index contributed by atoms with van der Waals surface area (Å²) in [5.74, 6) is -0.907. The molecule has 0 aromatic heterocycles. The minimum absolute atomic E-state index is 0.00577. The van der Waals surface area contributed by atoms with E-state index in [9.17, 15) is 18.0 Å². The highest BCUT2D eigenvalue weighted by Gasteiger charge is 2.31. The molecule has 3 aromatic carbocycles. The number of anilines is 2. The summed E-state index contributed by atoms with van der Waals surface area (Å²) >= 11 is 6.19. The second kappa shape index (κ2) is 10.2. The van der Waals surface area contributed by atoms with Crippen LogP contribution in [0.15, 0.2) is 71.6 Å². The second-order valence-electron chi connectivity index (χ2n) is 8.31. The molecule has 8 nitrogen and oxygen atoms in total. The smallest absolute Gasteiger partial charge is 0.340 e. The third-order valence-electron chi connectivity index (χ3n) is 6.04. The molecular weight excluding hydrogens is 504 g/mol. The van der Waals surface area contributed by atoms with Crippen LogP contribution < -0.4 is 13.9 Å². The molecule has 1 aliphatic heterocycles. The van der Waals surface area contributed by atoms with Crippen molar-refractivity contribution in [2.24, 2.45) is 0 Å². The van der Waals surface area contributed by atoms with E-state index in [1.807, 2.05) is 31.2 Å². The number of nitrogens with zero attached hydrogens (tertiary/aromatic N) is 2. The number of carbonyl (C=O) groups excluding carboxylic acids is 2. The maximum absolute atomic E-state index is 13.3. The number of ether oxygens (including phenoxy) is 2. The molecule has 0 N–H and O–H groups in total. The first-order chi connectivity index (χ1) is 17.1. The lowest BCUT2D eigenvalue weighted by molar-refractivity contribution is -0.122. The Kier molecular flexibility index (Phi) is 7.23. The van der Waals surface area contributed by atoms with Gasteiger partial charge in [-0.3, -0.25) is 9.10 Å². The summed E-state index contributed by atoms with van der Waals surface area (Å²) in [5, 5.41) is 0.00577. The van der Waals surface area contributed by atoms with Crippen LogP contribution in [0.3, 0.4) is 0 Å². The van der Waals surface area contributed by atoms with Crippen LogP contribution in [-0.2, 0) is 26.0 Å². The van der Waals surface area contributed by atoms with Gasteiger partial charge in [0.05, 0.1) is 28.3 Å². The van der Waals surface area contributed by atoms with Crippen molar-refractivity contribution in [2.75, 3.05) is 30.0 Å². The lowest BCUT2D eigenvalue weighted by Crippen LogP contribution is -2.38. The number of fused-ring (bicyclic) bond motifs is 1. The average molecular weight is 529 g/mol. The summed E-state index contributed by atoms with van der Waals surface area (Å²) in [5.41, 5.74) is 2.00. The highest BCUT2D eigenvalue weighted by molar-refractivity contribution is 7.92. The fourth-order valence-corrected chi connectivity index (χ4v) is 5.65. The number of carbonyl (C=O) groups is 2. The number of benzene rings is 3. The zero-order valence-electron chi connectivity index (χ0n) is 20.0. The van der Waals surface area contributed by atoms with Crippen molar-refractivity contribution < 1.29 is 27.5 Å². The lowest BCUT2D eigenvalue weighted by Gasteiger charge is -2.23. The first kappa shape index (κ1) is 25.5. The number of para-hydroxylation sites is 3. The Bertz CT molecular complexity index is 1430. The zero-order valence-corrected chi connectivity index (χ0v) is 21.5. The molecule has 0 bridgehead atoms. The Morgan fingerprint density at radius 1 is 1.08 bits per heavy atom. The molecular formula is C26H25ClN2O6S. The molecule has 36 heavy (non-hydrogen) atoms. The third-order valence-corrected chi connectivity index (χ3v) is 8.14. The van der Waals surface area contributed by atoms with Gasteiger partial charge < -0.3 is 14.4 Å². The van der Waals surface area contributed by atoms with Crippen LogP contribution in [0.1, 0.15) is 22.8 Å². The van der Waals surface area contributed by atoms with Gasteiger partial charge in [-0.15, -0.1) is 0 Å². The number of sulfonamides is 1. The number of methoxy groups -OCH3 is 1. The van der Waals surface area contributed by atoms with Crippen LogP contribution in [0.5, 0.6) is 5.75 Å². The van der Waals surface area contributed by atoms with Crippen LogP contribution in [-0.4, -0.2) is 47.1 Å². The Hall–Kier alpha value is -3.56. The van der Waals surface area contributed by atoms with Gasteiger partial charge in [-0.2, -0.15) is 0 Å². The van der Waals surface area contributed by atoms with E-state index in [0.717, 1.165) is 21.6 Å². The van der Waals surface area contributed by atoms with Crippen molar-refractivity contribution >= 4 is 44.9 Å². The van der Waals surface area contributed by atoms with E-state index in [2.05, 4.69) is 0 Å². The highest BCUT2D eigenvalue weighted by atomic mass is 35.5. The predicted molar refractivity (Wildman–Crippen MR) is 137 cm³/mol. The van der Waals surface area contributed by atoms with Crippen LogP contribution in [0.25, 0.3) is 0 Å². The van der Waals surface area contributed by atoms with Crippen LogP contribution >= 0.6 is 11.6 Å². The summed E-state index contributed by atoms with van der Waals surface area (Å²) in [6.07, 6.45) is 0.710. The fraction of sp³-hybridized carbons (Fsp3) is 0.231. The summed E-state index contributed by atoms with van der Waals surface area (Å²) < 4.78 is 38.2. The molecule has 1 aliphatic rings. The van der Waals surface area contributed by atoms with E-state index in [1.165, 1.54) is 26.3 Å². The molecule has 1 atom stereocenters. The van der Waals surface area contributed by atoms with Gasteiger partial charge in [-0.25, -0.2) is 13.2 Å². The van der Waals surface area contributed by atoms with Crippen molar-refractivity contribution in [3.8, 4) is 5.75 Å². The molecule has 0 saturated carbocycles. The van der Waals surface area contributed by atoms with Crippen LogP contribution in [0.2, 0.25) is 5.02 Å². The molecule has 0 fully saturated rings. The maximum Gasteiger partial charge on any atom is 0.340 e. The second-order valence-corrected chi connectivity index (χ2v) is 10.7. The molecule has 0 aliphatic carbocycles. The number of halogens is 1. The standard InChI is InChI=1S/C26H25ClN2O6S/c1-17-14-18-8-4-5-9-22(18)29(17)25(30)16-35-26(31)20-15-19(12-13-21(20)27)36(32,33)28(2)23-10-6-7-11-24(23)34-3/h4-13,15,17H,14,16H2,1-3H3/t17-/m0/s1. The van der Waals surface area contributed by atoms with Gasteiger partial charge >= 0.3 is 5.97 Å². The van der Waals surface area contributed by atoms with Crippen molar-refractivity contribution in [3.05, 3.63) is 82.9 Å².